The minimum Gasteiger partial charge on any atom is -0.507 e. The Hall–Kier alpha value is -4.15. The molecule has 2 N–H and O–H groups in total. The summed E-state index contributed by atoms with van der Waals surface area (Å²) in [4.78, 5) is 13.4. The molecule has 0 aliphatic heterocycles. The first-order chi connectivity index (χ1) is 18.2. The molecule has 4 rings (SSSR count). The van der Waals surface area contributed by atoms with Gasteiger partial charge in [0.2, 0.25) is 0 Å². The second kappa shape index (κ2) is 11.9. The number of phenolic OH excluding ortho intramolecular Hbond substituents is 1. The van der Waals surface area contributed by atoms with Gasteiger partial charge < -0.3 is 9.84 Å². The molecule has 4 aromatic rings. The Morgan fingerprint density at radius 1 is 1.13 bits per heavy atom. The predicted octanol–water partition coefficient (Wildman–Crippen LogP) is 3.88. The van der Waals surface area contributed by atoms with Crippen LogP contribution >= 0.6 is 0 Å². The fourth-order valence-corrected chi connectivity index (χ4v) is 4.31. The van der Waals surface area contributed by atoms with Crippen LogP contribution in [0.4, 0.5) is 0 Å². The van der Waals surface area contributed by atoms with E-state index in [1.807, 2.05) is 37.3 Å². The lowest BCUT2D eigenvalue weighted by Gasteiger charge is -2.22. The summed E-state index contributed by atoms with van der Waals surface area (Å²) in [5.74, 6) is 2.04. The first-order valence-electron chi connectivity index (χ1n) is 12.8. The number of ether oxygens (including phenoxy) is 1. The molecule has 11 heteroatoms. The van der Waals surface area contributed by atoms with E-state index < -0.39 is 0 Å². The zero-order chi connectivity index (χ0) is 27.1. The summed E-state index contributed by atoms with van der Waals surface area (Å²) in [5.41, 5.74) is 3.02. The molecule has 0 atom stereocenters. The molecule has 2 aromatic heterocycles. The molecule has 0 aliphatic carbocycles. The Kier molecular flexibility index (Phi) is 8.45. The van der Waals surface area contributed by atoms with Crippen molar-refractivity contribution in [1.29, 1.82) is 0 Å². The molecule has 0 saturated carbocycles. The number of carbonyl (C=O) groups excluding carboxylic acids is 1. The standard InChI is InChI=1S/C27H34N8O3/c1-5-6-23-20(9-12-22(18(2)36)26(23)37)17-38-21-10-7-19(8-11-21)15-24-30-34-35(31-24)14-13-27(3,4)16-25-28-32-33-29-25/h7-12,37H,5-6,13-17H2,1-4H3,(H,28,29,32,33). The molecule has 38 heavy (non-hydrogen) atoms. The monoisotopic (exact) mass is 518 g/mol. The van der Waals surface area contributed by atoms with Crippen molar-refractivity contribution in [3.8, 4) is 11.5 Å². The summed E-state index contributed by atoms with van der Waals surface area (Å²) >= 11 is 0. The van der Waals surface area contributed by atoms with E-state index in [2.05, 4.69) is 49.9 Å². The molecule has 200 valence electrons. The van der Waals surface area contributed by atoms with Crippen LogP contribution in [-0.4, -0.2) is 51.7 Å². The van der Waals surface area contributed by atoms with E-state index in [1.165, 1.54) is 6.92 Å². The first-order valence-corrected chi connectivity index (χ1v) is 12.8. The number of aromatic hydroxyl groups is 1. The van der Waals surface area contributed by atoms with Crippen LogP contribution in [0.2, 0.25) is 0 Å². The molecule has 2 heterocycles. The number of aryl methyl sites for hydroxylation is 1. The van der Waals surface area contributed by atoms with Gasteiger partial charge in [-0.15, -0.1) is 15.3 Å². The molecule has 0 fully saturated rings. The van der Waals surface area contributed by atoms with Crippen molar-refractivity contribution in [2.45, 2.75) is 73.0 Å². The highest BCUT2D eigenvalue weighted by Gasteiger charge is 2.21. The topological polar surface area (TPSA) is 145 Å². The lowest BCUT2D eigenvalue weighted by molar-refractivity contribution is 0.101. The Morgan fingerprint density at radius 2 is 1.92 bits per heavy atom. The molecule has 0 bridgehead atoms. The number of tetrazole rings is 2. The third-order valence-corrected chi connectivity index (χ3v) is 6.46. The van der Waals surface area contributed by atoms with E-state index in [0.29, 0.717) is 43.1 Å². The normalized spacial score (nSPS) is 11.6. The summed E-state index contributed by atoms with van der Waals surface area (Å²) in [6.45, 7) is 8.77. The predicted molar refractivity (Wildman–Crippen MR) is 140 cm³/mol. The Balaban J connectivity index is 1.31. The summed E-state index contributed by atoms with van der Waals surface area (Å²) in [5, 5.41) is 37.5. The highest BCUT2D eigenvalue weighted by atomic mass is 16.5. The number of phenols is 1. The SMILES string of the molecule is CCCc1c(COc2ccc(Cc3nnn(CCC(C)(C)Cc4nnn[nH]4)n3)cc2)ccc(C(C)=O)c1O. The highest BCUT2D eigenvalue weighted by Crippen LogP contribution is 2.29. The van der Waals surface area contributed by atoms with E-state index in [4.69, 9.17) is 4.74 Å². The third kappa shape index (κ3) is 6.99. The molecular weight excluding hydrogens is 484 g/mol. The van der Waals surface area contributed by atoms with Crippen molar-refractivity contribution in [1.82, 2.24) is 40.8 Å². The molecule has 2 aromatic carbocycles. The smallest absolute Gasteiger partial charge is 0.179 e. The Morgan fingerprint density at radius 3 is 2.61 bits per heavy atom. The molecule has 0 unspecified atom stereocenters. The number of aromatic amines is 1. The van der Waals surface area contributed by atoms with Crippen molar-refractivity contribution >= 4 is 5.78 Å². The highest BCUT2D eigenvalue weighted by molar-refractivity contribution is 5.97. The van der Waals surface area contributed by atoms with Crippen LogP contribution in [0.3, 0.4) is 0 Å². The molecule has 0 saturated heterocycles. The zero-order valence-electron chi connectivity index (χ0n) is 22.3. The maximum absolute atomic E-state index is 11.8. The number of H-pyrrole nitrogens is 1. The van der Waals surface area contributed by atoms with Gasteiger partial charge in [0, 0.05) is 18.4 Å². The largest absolute Gasteiger partial charge is 0.507 e. The summed E-state index contributed by atoms with van der Waals surface area (Å²) < 4.78 is 5.99. The summed E-state index contributed by atoms with van der Waals surface area (Å²) in [6, 6.07) is 11.3. The van der Waals surface area contributed by atoms with Gasteiger partial charge in [-0.05, 0) is 70.1 Å². The number of Topliss-reactive ketones (excluding diaryl/α,β-unsaturated/α-hetero) is 1. The molecular formula is C27H34N8O3. The minimum atomic E-state index is -0.151. The van der Waals surface area contributed by atoms with Gasteiger partial charge in [0.15, 0.2) is 11.6 Å². The average Bonchev–Trinajstić information content (AvgIpc) is 3.56. The Labute approximate surface area is 221 Å². The van der Waals surface area contributed by atoms with E-state index in [1.54, 1.807) is 10.9 Å². The van der Waals surface area contributed by atoms with E-state index in [-0.39, 0.29) is 16.9 Å². The molecule has 0 radical (unpaired) electrons. The maximum atomic E-state index is 11.8. The number of hydrogen-bond acceptors (Lipinski definition) is 9. The van der Waals surface area contributed by atoms with Crippen molar-refractivity contribution in [2.75, 3.05) is 0 Å². The minimum absolute atomic E-state index is 0.0175. The van der Waals surface area contributed by atoms with Crippen LogP contribution in [-0.2, 0) is 32.4 Å². The fraction of sp³-hybridized carbons (Fsp3) is 0.444. The van der Waals surface area contributed by atoms with Gasteiger partial charge in [0.05, 0.1) is 12.1 Å². The van der Waals surface area contributed by atoms with Crippen LogP contribution in [0.1, 0.15) is 79.2 Å². The van der Waals surface area contributed by atoms with Gasteiger partial charge in [-0.2, -0.15) is 4.80 Å². The third-order valence-electron chi connectivity index (χ3n) is 6.46. The fourth-order valence-electron chi connectivity index (χ4n) is 4.31. The van der Waals surface area contributed by atoms with Crippen molar-refractivity contribution in [3.05, 3.63) is 70.3 Å². The van der Waals surface area contributed by atoms with E-state index in [9.17, 15) is 9.90 Å². The quantitative estimate of drug-likeness (QED) is 0.252. The van der Waals surface area contributed by atoms with Crippen LogP contribution < -0.4 is 4.74 Å². The Bertz CT molecular complexity index is 1350. The number of ketones is 1. The van der Waals surface area contributed by atoms with E-state index >= 15 is 0 Å². The van der Waals surface area contributed by atoms with Gasteiger partial charge in [0.25, 0.3) is 0 Å². The molecule has 0 amide bonds. The maximum Gasteiger partial charge on any atom is 0.179 e. The lowest BCUT2D eigenvalue weighted by Crippen LogP contribution is -2.19. The molecule has 0 aliphatic rings. The average molecular weight is 519 g/mol. The van der Waals surface area contributed by atoms with Crippen LogP contribution in [0.15, 0.2) is 36.4 Å². The van der Waals surface area contributed by atoms with Crippen molar-refractivity contribution < 1.29 is 14.6 Å². The van der Waals surface area contributed by atoms with Crippen LogP contribution in [0, 0.1) is 5.41 Å². The number of hydrogen-bond donors (Lipinski definition) is 2. The van der Waals surface area contributed by atoms with Crippen LogP contribution in [0.5, 0.6) is 11.5 Å². The molecule has 0 spiro atoms. The lowest BCUT2D eigenvalue weighted by atomic mass is 9.85. The van der Waals surface area contributed by atoms with Crippen molar-refractivity contribution in [2.24, 2.45) is 5.41 Å². The van der Waals surface area contributed by atoms with Gasteiger partial charge >= 0.3 is 0 Å². The first kappa shape index (κ1) is 26.9. The van der Waals surface area contributed by atoms with Gasteiger partial charge in [-0.25, -0.2) is 5.10 Å². The number of rotatable bonds is 13. The second-order valence-electron chi connectivity index (χ2n) is 10.3. The number of nitrogens with one attached hydrogen (secondary N) is 1. The second-order valence-corrected chi connectivity index (χ2v) is 10.3. The number of carbonyl (C=O) groups is 1. The summed E-state index contributed by atoms with van der Waals surface area (Å²) in [6.07, 6.45) is 3.68. The van der Waals surface area contributed by atoms with Crippen LogP contribution in [0.25, 0.3) is 0 Å². The zero-order valence-corrected chi connectivity index (χ0v) is 22.3. The van der Waals surface area contributed by atoms with Gasteiger partial charge in [0.1, 0.15) is 23.9 Å². The number of benzene rings is 2. The number of aromatic nitrogens is 8. The van der Waals surface area contributed by atoms with E-state index in [0.717, 1.165) is 41.8 Å². The van der Waals surface area contributed by atoms with Gasteiger partial charge in [-0.3, -0.25) is 4.79 Å². The van der Waals surface area contributed by atoms with Crippen molar-refractivity contribution in [3.63, 3.8) is 0 Å². The molecule has 11 nitrogen and oxygen atoms in total. The van der Waals surface area contributed by atoms with Gasteiger partial charge in [-0.1, -0.05) is 45.4 Å². The summed E-state index contributed by atoms with van der Waals surface area (Å²) in [7, 11) is 0. The number of nitrogens with zero attached hydrogens (tertiary/aromatic N) is 7.